The van der Waals surface area contributed by atoms with Gasteiger partial charge in [0.15, 0.2) is 0 Å². The van der Waals surface area contributed by atoms with E-state index in [1.807, 2.05) is 17.0 Å². The zero-order valence-corrected chi connectivity index (χ0v) is 14.9. The Labute approximate surface area is 148 Å². The van der Waals surface area contributed by atoms with Gasteiger partial charge >= 0.3 is 0 Å². The Morgan fingerprint density at radius 1 is 1.32 bits per heavy atom. The molecule has 2 amide bonds. The normalized spacial score (nSPS) is 22.4. The van der Waals surface area contributed by atoms with Gasteiger partial charge in [-0.3, -0.25) is 14.5 Å². The van der Waals surface area contributed by atoms with E-state index in [2.05, 4.69) is 4.90 Å². The molecular formula is C18H27N3O4. The molecule has 1 aromatic heterocycles. The van der Waals surface area contributed by atoms with Crippen molar-refractivity contribution < 1.29 is 18.7 Å². The molecule has 2 fully saturated rings. The summed E-state index contributed by atoms with van der Waals surface area (Å²) >= 11 is 0. The monoisotopic (exact) mass is 349 g/mol. The Bertz CT molecular complexity index is 575. The second kappa shape index (κ2) is 8.49. The van der Waals surface area contributed by atoms with Crippen molar-refractivity contribution in [3.05, 3.63) is 24.2 Å². The number of nitrogens with zero attached hydrogens (tertiary/aromatic N) is 3. The van der Waals surface area contributed by atoms with Gasteiger partial charge in [-0.2, -0.15) is 0 Å². The van der Waals surface area contributed by atoms with Gasteiger partial charge in [-0.25, -0.2) is 0 Å². The molecule has 3 heterocycles. The van der Waals surface area contributed by atoms with Crippen molar-refractivity contribution in [2.75, 3.05) is 53.0 Å². The number of amides is 2. The maximum atomic E-state index is 12.8. The number of likely N-dealkylation sites (tertiary alicyclic amines) is 1. The minimum absolute atomic E-state index is 0.0336. The summed E-state index contributed by atoms with van der Waals surface area (Å²) in [6, 6.07) is 3.66. The van der Waals surface area contributed by atoms with E-state index in [0.29, 0.717) is 26.1 Å². The number of carbonyl (C=O) groups excluding carboxylic acids is 2. The van der Waals surface area contributed by atoms with Crippen LogP contribution in [0, 0.1) is 5.92 Å². The Hall–Kier alpha value is -1.86. The van der Waals surface area contributed by atoms with Crippen LogP contribution in [0.2, 0.25) is 0 Å². The Morgan fingerprint density at radius 2 is 2.20 bits per heavy atom. The topological polar surface area (TPSA) is 66.2 Å². The predicted molar refractivity (Wildman–Crippen MR) is 91.7 cm³/mol. The van der Waals surface area contributed by atoms with Gasteiger partial charge in [0.1, 0.15) is 5.76 Å². The maximum absolute atomic E-state index is 12.8. The first-order valence-corrected chi connectivity index (χ1v) is 8.97. The fourth-order valence-corrected chi connectivity index (χ4v) is 3.57. The number of ether oxygens (including phenoxy) is 1. The van der Waals surface area contributed by atoms with Crippen molar-refractivity contribution in [1.29, 1.82) is 0 Å². The van der Waals surface area contributed by atoms with Gasteiger partial charge in [0.25, 0.3) is 0 Å². The fraction of sp³-hybridized carbons (Fsp3) is 0.667. The van der Waals surface area contributed by atoms with Gasteiger partial charge < -0.3 is 19.0 Å². The van der Waals surface area contributed by atoms with Gasteiger partial charge in [0.05, 0.1) is 25.3 Å². The lowest BCUT2D eigenvalue weighted by Crippen LogP contribution is -2.40. The van der Waals surface area contributed by atoms with Gasteiger partial charge in [-0.15, -0.1) is 0 Å². The van der Waals surface area contributed by atoms with Crippen molar-refractivity contribution in [1.82, 2.24) is 14.7 Å². The summed E-state index contributed by atoms with van der Waals surface area (Å²) in [6.45, 7) is 5.90. The maximum Gasteiger partial charge on any atom is 0.228 e. The molecule has 1 atom stereocenters. The van der Waals surface area contributed by atoms with Crippen LogP contribution in [-0.2, 0) is 20.9 Å². The van der Waals surface area contributed by atoms with Gasteiger partial charge in [-0.1, -0.05) is 0 Å². The molecule has 3 rings (SSSR count). The van der Waals surface area contributed by atoms with Crippen LogP contribution in [-0.4, -0.2) is 79.5 Å². The van der Waals surface area contributed by atoms with Crippen LogP contribution < -0.4 is 0 Å². The van der Waals surface area contributed by atoms with Crippen LogP contribution in [0.3, 0.4) is 0 Å². The number of hydrogen-bond acceptors (Lipinski definition) is 5. The minimum atomic E-state index is -0.229. The molecule has 0 spiro atoms. The molecule has 0 radical (unpaired) electrons. The summed E-state index contributed by atoms with van der Waals surface area (Å²) in [5.41, 5.74) is 0. The van der Waals surface area contributed by atoms with Crippen LogP contribution >= 0.6 is 0 Å². The average Bonchev–Trinajstić information content (AvgIpc) is 3.17. The van der Waals surface area contributed by atoms with E-state index in [0.717, 1.165) is 44.9 Å². The molecule has 7 heteroatoms. The number of carbonyl (C=O) groups is 2. The zero-order valence-electron chi connectivity index (χ0n) is 14.9. The van der Waals surface area contributed by atoms with Crippen molar-refractivity contribution in [2.45, 2.75) is 19.4 Å². The first kappa shape index (κ1) is 17.9. The van der Waals surface area contributed by atoms with Crippen molar-refractivity contribution in [3.8, 4) is 0 Å². The number of methoxy groups -OCH3 is 1. The molecule has 7 nitrogen and oxygen atoms in total. The number of furan rings is 1. The summed E-state index contributed by atoms with van der Waals surface area (Å²) in [7, 11) is 1.71. The van der Waals surface area contributed by atoms with Crippen molar-refractivity contribution >= 4 is 11.8 Å². The van der Waals surface area contributed by atoms with Crippen LogP contribution in [0.5, 0.6) is 0 Å². The van der Waals surface area contributed by atoms with Crippen LogP contribution in [0.25, 0.3) is 0 Å². The van der Waals surface area contributed by atoms with E-state index >= 15 is 0 Å². The van der Waals surface area contributed by atoms with Crippen molar-refractivity contribution in [2.24, 2.45) is 5.92 Å². The van der Waals surface area contributed by atoms with Crippen LogP contribution in [0.4, 0.5) is 0 Å². The average molecular weight is 349 g/mol. The van der Waals surface area contributed by atoms with Crippen molar-refractivity contribution in [3.63, 3.8) is 0 Å². The molecule has 0 aliphatic carbocycles. The quantitative estimate of drug-likeness (QED) is 0.760. The summed E-state index contributed by atoms with van der Waals surface area (Å²) in [6.07, 6.45) is 2.88. The smallest absolute Gasteiger partial charge is 0.228 e. The molecule has 2 aliphatic heterocycles. The third-order valence-electron chi connectivity index (χ3n) is 5.00. The molecule has 138 valence electrons. The highest BCUT2D eigenvalue weighted by molar-refractivity contribution is 5.89. The van der Waals surface area contributed by atoms with Crippen LogP contribution in [0.1, 0.15) is 18.6 Å². The molecule has 0 bridgehead atoms. The predicted octanol–water partition coefficient (Wildman–Crippen LogP) is 0.809. The van der Waals surface area contributed by atoms with E-state index in [1.54, 1.807) is 18.3 Å². The second-order valence-corrected chi connectivity index (χ2v) is 6.77. The molecule has 2 saturated heterocycles. The Balaban J connectivity index is 1.52. The summed E-state index contributed by atoms with van der Waals surface area (Å²) < 4.78 is 10.4. The molecule has 1 aromatic rings. The molecule has 0 N–H and O–H groups in total. The molecule has 2 aliphatic rings. The SMILES string of the molecule is COCCN1CCCN(C(=O)C2CC(=O)N(Cc3ccco3)C2)CC1. The largest absolute Gasteiger partial charge is 0.467 e. The van der Waals surface area contributed by atoms with Crippen LogP contribution in [0.15, 0.2) is 22.8 Å². The Kier molecular flexibility index (Phi) is 6.09. The summed E-state index contributed by atoms with van der Waals surface area (Å²) in [5.74, 6) is 0.674. The lowest BCUT2D eigenvalue weighted by Gasteiger charge is -2.24. The van der Waals surface area contributed by atoms with E-state index in [4.69, 9.17) is 9.15 Å². The molecule has 0 aromatic carbocycles. The fourth-order valence-electron chi connectivity index (χ4n) is 3.57. The first-order valence-electron chi connectivity index (χ1n) is 8.97. The van der Waals surface area contributed by atoms with E-state index in [1.165, 1.54) is 0 Å². The third kappa shape index (κ3) is 4.61. The standard InChI is InChI=1S/C18H27N3O4/c1-24-11-9-19-5-3-6-20(8-7-19)18(23)15-12-17(22)21(13-15)14-16-4-2-10-25-16/h2,4,10,15H,3,5-9,11-14H2,1H3. The second-order valence-electron chi connectivity index (χ2n) is 6.77. The highest BCUT2D eigenvalue weighted by Crippen LogP contribution is 2.23. The number of hydrogen-bond donors (Lipinski definition) is 0. The molecular weight excluding hydrogens is 322 g/mol. The molecule has 1 unspecified atom stereocenters. The van der Waals surface area contributed by atoms with Gasteiger partial charge in [0.2, 0.25) is 11.8 Å². The molecule has 25 heavy (non-hydrogen) atoms. The van der Waals surface area contributed by atoms with E-state index in [-0.39, 0.29) is 17.7 Å². The minimum Gasteiger partial charge on any atom is -0.467 e. The van der Waals surface area contributed by atoms with E-state index in [9.17, 15) is 9.59 Å². The van der Waals surface area contributed by atoms with Gasteiger partial charge in [0, 0.05) is 46.3 Å². The third-order valence-corrected chi connectivity index (χ3v) is 5.00. The first-order chi connectivity index (χ1) is 12.2. The summed E-state index contributed by atoms with van der Waals surface area (Å²) in [5, 5.41) is 0. The molecule has 0 saturated carbocycles. The lowest BCUT2D eigenvalue weighted by atomic mass is 10.1. The summed E-state index contributed by atoms with van der Waals surface area (Å²) in [4.78, 5) is 31.1. The number of rotatable bonds is 6. The lowest BCUT2D eigenvalue weighted by molar-refractivity contribution is -0.135. The highest BCUT2D eigenvalue weighted by Gasteiger charge is 2.37. The van der Waals surface area contributed by atoms with Gasteiger partial charge in [-0.05, 0) is 25.1 Å². The Morgan fingerprint density at radius 3 is 2.96 bits per heavy atom. The zero-order chi connectivity index (χ0) is 17.6. The highest BCUT2D eigenvalue weighted by atomic mass is 16.5. The van der Waals surface area contributed by atoms with E-state index < -0.39 is 0 Å².